The van der Waals surface area contributed by atoms with E-state index in [1.165, 1.54) is 11.1 Å². The molecule has 3 aliphatic heterocycles. The lowest BCUT2D eigenvalue weighted by Gasteiger charge is -2.21. The van der Waals surface area contributed by atoms with Gasteiger partial charge in [0, 0.05) is 32.0 Å². The highest BCUT2D eigenvalue weighted by Gasteiger charge is 2.33. The molecule has 11 nitrogen and oxygen atoms in total. The van der Waals surface area contributed by atoms with Crippen LogP contribution in [0, 0.1) is 0 Å². The van der Waals surface area contributed by atoms with Crippen LogP contribution >= 0.6 is 0 Å². The van der Waals surface area contributed by atoms with Crippen LogP contribution in [-0.4, -0.2) is 60.7 Å². The third kappa shape index (κ3) is 5.44. The number of methoxy groups -OCH3 is 1. The minimum absolute atomic E-state index is 0. The molecule has 0 N–H and O–H groups in total. The van der Waals surface area contributed by atoms with E-state index in [0.29, 0.717) is 31.3 Å². The molecule has 1 unspecified atom stereocenters. The van der Waals surface area contributed by atoms with Gasteiger partial charge in [-0.05, 0) is 55.0 Å². The Morgan fingerprint density at radius 2 is 2.05 bits per heavy atom. The number of aromatic nitrogens is 4. The monoisotopic (exact) mass is 651 g/mol. The van der Waals surface area contributed by atoms with Crippen LogP contribution in [0.3, 0.4) is 0 Å². The molecule has 1 fully saturated rings. The first-order valence-electron chi connectivity index (χ1n) is 14.6. The van der Waals surface area contributed by atoms with Gasteiger partial charge in [0.2, 0.25) is 12.5 Å². The summed E-state index contributed by atoms with van der Waals surface area (Å²) in [4.78, 5) is 14.3. The van der Waals surface area contributed by atoms with Crippen LogP contribution in [0.5, 0.6) is 23.0 Å². The summed E-state index contributed by atoms with van der Waals surface area (Å²) in [5, 5.41) is 10.7. The SMILES string of the molecule is CCOC(=O)C1CCCN1c1cn(CCCOc2c(OC)ccc3cc4[n+](cc23)CCc2cc3c(cc2-4)OCO3)nn1.[Br-]. The van der Waals surface area contributed by atoms with Crippen LogP contribution < -0.4 is 45.4 Å². The molecule has 2 aromatic carbocycles. The normalized spacial score (nSPS) is 16.4. The number of pyridine rings is 1. The van der Waals surface area contributed by atoms with Crippen LogP contribution in [0.1, 0.15) is 31.7 Å². The van der Waals surface area contributed by atoms with Crippen LogP contribution in [0.15, 0.2) is 42.7 Å². The molecule has 226 valence electrons. The Hall–Kier alpha value is -4.06. The molecule has 5 heterocycles. The van der Waals surface area contributed by atoms with Crippen molar-refractivity contribution >= 4 is 22.6 Å². The van der Waals surface area contributed by atoms with Crippen molar-refractivity contribution in [2.24, 2.45) is 0 Å². The first kappa shape index (κ1) is 29.0. The number of aryl methyl sites for hydroxylation is 3. The maximum atomic E-state index is 12.3. The molecule has 1 saturated heterocycles. The summed E-state index contributed by atoms with van der Waals surface area (Å²) in [5.41, 5.74) is 3.57. The first-order chi connectivity index (χ1) is 20.6. The van der Waals surface area contributed by atoms with E-state index in [-0.39, 0.29) is 35.8 Å². The van der Waals surface area contributed by atoms with Crippen molar-refractivity contribution in [3.05, 3.63) is 48.3 Å². The van der Waals surface area contributed by atoms with Crippen molar-refractivity contribution in [2.75, 3.05) is 38.6 Å². The largest absolute Gasteiger partial charge is 1.00 e. The Kier molecular flexibility index (Phi) is 8.29. The van der Waals surface area contributed by atoms with E-state index >= 15 is 0 Å². The molecule has 1 atom stereocenters. The van der Waals surface area contributed by atoms with Crippen LogP contribution in [0.2, 0.25) is 0 Å². The smallest absolute Gasteiger partial charge is 0.328 e. The molecule has 0 radical (unpaired) electrons. The molecule has 43 heavy (non-hydrogen) atoms. The number of ether oxygens (including phenoxy) is 5. The van der Waals surface area contributed by atoms with E-state index in [9.17, 15) is 4.79 Å². The fraction of sp³-hybridized carbons (Fsp3) is 0.419. The summed E-state index contributed by atoms with van der Waals surface area (Å²) < 4.78 is 32.6. The van der Waals surface area contributed by atoms with Gasteiger partial charge in [-0.1, -0.05) is 5.21 Å². The molecule has 12 heteroatoms. The Balaban J connectivity index is 0.00000329. The first-order valence-corrected chi connectivity index (χ1v) is 14.6. The maximum absolute atomic E-state index is 12.3. The molecule has 7 rings (SSSR count). The number of carbonyl (C=O) groups is 1. The van der Waals surface area contributed by atoms with Gasteiger partial charge in [-0.3, -0.25) is 4.68 Å². The third-order valence-electron chi connectivity index (χ3n) is 8.21. The van der Waals surface area contributed by atoms with Gasteiger partial charge in [-0.2, -0.15) is 4.57 Å². The van der Waals surface area contributed by atoms with E-state index in [0.717, 1.165) is 72.5 Å². The zero-order chi connectivity index (χ0) is 28.6. The number of hydrogen-bond donors (Lipinski definition) is 0. The summed E-state index contributed by atoms with van der Waals surface area (Å²) in [6, 6.07) is 10.1. The predicted octanol–water partition coefficient (Wildman–Crippen LogP) is 0.684. The van der Waals surface area contributed by atoms with Crippen molar-refractivity contribution in [1.82, 2.24) is 15.0 Å². The number of esters is 1. The minimum Gasteiger partial charge on any atom is -1.00 e. The number of halogens is 1. The van der Waals surface area contributed by atoms with Gasteiger partial charge in [0.15, 0.2) is 41.6 Å². The van der Waals surface area contributed by atoms with E-state index in [1.807, 2.05) is 24.1 Å². The molecular weight excluding hydrogens is 618 g/mol. The second-order valence-corrected chi connectivity index (χ2v) is 10.7. The highest BCUT2D eigenvalue weighted by atomic mass is 79.9. The van der Waals surface area contributed by atoms with E-state index in [4.69, 9.17) is 23.7 Å². The van der Waals surface area contributed by atoms with E-state index in [1.54, 1.807) is 11.8 Å². The van der Waals surface area contributed by atoms with Gasteiger partial charge in [-0.15, -0.1) is 5.10 Å². The molecule has 0 aliphatic carbocycles. The Morgan fingerprint density at radius 3 is 2.88 bits per heavy atom. The van der Waals surface area contributed by atoms with Crippen LogP contribution in [0.25, 0.3) is 22.0 Å². The third-order valence-corrected chi connectivity index (χ3v) is 8.21. The van der Waals surface area contributed by atoms with Gasteiger partial charge < -0.3 is 45.6 Å². The quantitative estimate of drug-likeness (QED) is 0.147. The second kappa shape index (κ2) is 12.3. The van der Waals surface area contributed by atoms with Crippen LogP contribution in [0.4, 0.5) is 5.82 Å². The molecular formula is C31H34BrN5O6. The Bertz CT molecular complexity index is 1660. The second-order valence-electron chi connectivity index (χ2n) is 10.7. The minimum atomic E-state index is -0.294. The van der Waals surface area contributed by atoms with Gasteiger partial charge in [0.25, 0.3) is 0 Å². The average molecular weight is 653 g/mol. The lowest BCUT2D eigenvalue weighted by molar-refractivity contribution is -0.686. The summed E-state index contributed by atoms with van der Waals surface area (Å²) in [6.45, 7) is 5.21. The zero-order valence-electron chi connectivity index (χ0n) is 24.3. The topological polar surface area (TPSA) is 101 Å². The standard InChI is InChI=1S/C31H34N5O6.BrH/c1-3-39-31(37)24-6-4-11-36(24)29-18-35(33-32-29)10-5-13-40-30-23-17-34-12-9-21-15-27-28(42-19-41-27)16-22(21)25(34)14-20(23)7-8-26(30)38-2;/h7-8,14-18,24H,3-6,9-13,19H2,1-2H3;1H/q+1;/p-1. The van der Waals surface area contributed by atoms with Gasteiger partial charge in [0.1, 0.15) is 6.04 Å². The summed E-state index contributed by atoms with van der Waals surface area (Å²) in [6.07, 6.45) is 7.39. The maximum Gasteiger partial charge on any atom is 0.328 e. The molecule has 2 aromatic heterocycles. The Labute approximate surface area is 260 Å². The fourth-order valence-corrected chi connectivity index (χ4v) is 6.16. The van der Waals surface area contributed by atoms with Crippen molar-refractivity contribution < 1.29 is 50.0 Å². The van der Waals surface area contributed by atoms with E-state index in [2.05, 4.69) is 45.3 Å². The lowest BCUT2D eigenvalue weighted by atomic mass is 9.95. The predicted molar refractivity (Wildman–Crippen MR) is 153 cm³/mol. The number of anilines is 1. The highest BCUT2D eigenvalue weighted by molar-refractivity contribution is 5.91. The van der Waals surface area contributed by atoms with Gasteiger partial charge >= 0.3 is 5.97 Å². The molecule has 0 bridgehead atoms. The van der Waals surface area contributed by atoms with Crippen molar-refractivity contribution in [2.45, 2.75) is 51.7 Å². The lowest BCUT2D eigenvalue weighted by Crippen LogP contribution is -3.00. The average Bonchev–Trinajstić information content (AvgIpc) is 3.78. The Morgan fingerprint density at radius 1 is 1.19 bits per heavy atom. The van der Waals surface area contributed by atoms with Crippen molar-refractivity contribution in [3.63, 3.8) is 0 Å². The van der Waals surface area contributed by atoms with Crippen LogP contribution in [-0.2, 0) is 29.0 Å². The van der Waals surface area contributed by atoms with Crippen molar-refractivity contribution in [1.29, 1.82) is 0 Å². The van der Waals surface area contributed by atoms with Gasteiger partial charge in [0.05, 0.1) is 37.5 Å². The molecule has 3 aliphatic rings. The number of nitrogens with zero attached hydrogens (tertiary/aromatic N) is 5. The molecule has 4 aromatic rings. The molecule has 0 amide bonds. The fourth-order valence-electron chi connectivity index (χ4n) is 6.16. The summed E-state index contributed by atoms with van der Waals surface area (Å²) >= 11 is 0. The summed E-state index contributed by atoms with van der Waals surface area (Å²) in [7, 11) is 1.66. The number of benzene rings is 2. The number of fused-ring (bicyclic) bond motifs is 5. The van der Waals surface area contributed by atoms with Crippen molar-refractivity contribution in [3.8, 4) is 34.3 Å². The zero-order valence-corrected chi connectivity index (χ0v) is 25.8. The number of rotatable bonds is 9. The highest BCUT2D eigenvalue weighted by Crippen LogP contribution is 2.41. The van der Waals surface area contributed by atoms with Gasteiger partial charge in [-0.25, -0.2) is 4.79 Å². The summed E-state index contributed by atoms with van der Waals surface area (Å²) in [5.74, 6) is 3.55. The number of carbonyl (C=O) groups excluding carboxylic acids is 1. The molecule has 0 saturated carbocycles. The molecule has 0 spiro atoms. The van der Waals surface area contributed by atoms with E-state index < -0.39 is 0 Å². The number of hydrogen-bond acceptors (Lipinski definition) is 9.